The molecule has 8 nitrogen and oxygen atoms in total. The van der Waals surface area contributed by atoms with Crippen LogP contribution in [0.2, 0.25) is 5.02 Å². The average Bonchev–Trinajstić information content (AvgIpc) is 3.21. The van der Waals surface area contributed by atoms with Crippen LogP contribution in [0.5, 0.6) is 5.88 Å². The lowest BCUT2D eigenvalue weighted by Gasteiger charge is -2.11. The van der Waals surface area contributed by atoms with Crippen molar-refractivity contribution in [2.24, 2.45) is 0 Å². The number of rotatable bonds is 5. The van der Waals surface area contributed by atoms with E-state index in [1.165, 1.54) is 11.8 Å². The molecule has 3 aromatic heterocycles. The predicted octanol–water partition coefficient (Wildman–Crippen LogP) is 4.71. The summed E-state index contributed by atoms with van der Waals surface area (Å²) in [4.78, 5) is 13.0. The number of methoxy groups -OCH3 is 1. The molecular weight excluding hydrogens is 495 g/mol. The van der Waals surface area contributed by atoms with Gasteiger partial charge in [0.2, 0.25) is 5.88 Å². The monoisotopic (exact) mass is 511 g/mol. The summed E-state index contributed by atoms with van der Waals surface area (Å²) in [5.41, 5.74) is 13.4. The number of nitrogen functional groups attached to an aromatic ring is 2. The van der Waals surface area contributed by atoms with Crippen LogP contribution in [0.4, 0.5) is 24.8 Å². The second-order valence-electron chi connectivity index (χ2n) is 7.75. The molecule has 2 aromatic carbocycles. The SMILES string of the molecule is COc1cccc(-c2c(N)nc(-n3nc(Cc4c(F)ccc(F)c4F)c4cc(Cl)ccc43)nc2N)n1. The lowest BCUT2D eigenvalue weighted by molar-refractivity contribution is 0.398. The van der Waals surface area contributed by atoms with Gasteiger partial charge in [-0.05, 0) is 36.4 Å². The molecule has 0 aliphatic rings. The second kappa shape index (κ2) is 9.00. The zero-order valence-electron chi connectivity index (χ0n) is 18.6. The highest BCUT2D eigenvalue weighted by Crippen LogP contribution is 2.32. The lowest BCUT2D eigenvalue weighted by atomic mass is 10.1. The fourth-order valence-corrected chi connectivity index (χ4v) is 4.01. The van der Waals surface area contributed by atoms with Gasteiger partial charge in [0.25, 0.3) is 5.95 Å². The number of nitrogens with zero attached hydrogens (tertiary/aromatic N) is 5. The molecule has 0 bridgehead atoms. The van der Waals surface area contributed by atoms with Gasteiger partial charge in [0.05, 0.1) is 29.6 Å². The molecule has 5 aromatic rings. The van der Waals surface area contributed by atoms with E-state index in [4.69, 9.17) is 27.8 Å². The number of benzene rings is 2. The van der Waals surface area contributed by atoms with E-state index >= 15 is 0 Å². The molecule has 0 aliphatic carbocycles. The number of pyridine rings is 1. The Labute approximate surface area is 207 Å². The Balaban J connectivity index is 1.65. The Hall–Kier alpha value is -4.38. The molecule has 0 radical (unpaired) electrons. The van der Waals surface area contributed by atoms with Gasteiger partial charge in [0.15, 0.2) is 11.6 Å². The summed E-state index contributed by atoms with van der Waals surface area (Å²) >= 11 is 6.17. The van der Waals surface area contributed by atoms with Crippen molar-refractivity contribution in [3.05, 3.63) is 82.3 Å². The van der Waals surface area contributed by atoms with E-state index in [0.29, 0.717) is 33.1 Å². The minimum absolute atomic E-state index is 0.00963. The lowest BCUT2D eigenvalue weighted by Crippen LogP contribution is -2.11. The van der Waals surface area contributed by atoms with Crippen molar-refractivity contribution >= 4 is 34.1 Å². The Kier molecular flexibility index (Phi) is 5.84. The summed E-state index contributed by atoms with van der Waals surface area (Å²) in [5.74, 6) is -2.95. The van der Waals surface area contributed by atoms with Gasteiger partial charge in [-0.25, -0.2) is 18.2 Å². The third-order valence-corrected chi connectivity index (χ3v) is 5.77. The zero-order valence-corrected chi connectivity index (χ0v) is 19.4. The molecule has 0 saturated carbocycles. The van der Waals surface area contributed by atoms with E-state index in [2.05, 4.69) is 20.1 Å². The number of nitrogens with two attached hydrogens (primary N) is 2. The van der Waals surface area contributed by atoms with Crippen molar-refractivity contribution in [3.8, 4) is 23.1 Å². The van der Waals surface area contributed by atoms with Gasteiger partial charge in [0, 0.05) is 28.5 Å². The first-order chi connectivity index (χ1) is 17.3. The Morgan fingerprint density at radius 3 is 2.39 bits per heavy atom. The Bertz CT molecular complexity index is 1620. The van der Waals surface area contributed by atoms with Crippen LogP contribution < -0.4 is 16.2 Å². The van der Waals surface area contributed by atoms with E-state index < -0.39 is 23.0 Å². The van der Waals surface area contributed by atoms with Crippen LogP contribution in [0.25, 0.3) is 28.1 Å². The number of fused-ring (bicyclic) bond motifs is 1. The van der Waals surface area contributed by atoms with E-state index in [1.807, 2.05) is 0 Å². The number of hydrogen-bond acceptors (Lipinski definition) is 7. The maximum atomic E-state index is 14.4. The first-order valence-corrected chi connectivity index (χ1v) is 10.9. The molecule has 0 spiro atoms. The average molecular weight is 512 g/mol. The summed E-state index contributed by atoms with van der Waals surface area (Å²) in [6.45, 7) is 0. The van der Waals surface area contributed by atoms with Crippen LogP contribution in [0.1, 0.15) is 11.3 Å². The van der Waals surface area contributed by atoms with Crippen molar-refractivity contribution in [1.29, 1.82) is 0 Å². The molecule has 182 valence electrons. The highest BCUT2D eigenvalue weighted by atomic mass is 35.5. The van der Waals surface area contributed by atoms with Crippen LogP contribution in [0, 0.1) is 17.5 Å². The topological polar surface area (TPSA) is 118 Å². The molecule has 0 atom stereocenters. The maximum Gasteiger partial charge on any atom is 0.255 e. The highest BCUT2D eigenvalue weighted by Gasteiger charge is 2.22. The molecule has 0 aliphatic heterocycles. The van der Waals surface area contributed by atoms with Gasteiger partial charge in [0.1, 0.15) is 17.5 Å². The number of aromatic nitrogens is 5. The van der Waals surface area contributed by atoms with Gasteiger partial charge in [-0.3, -0.25) is 0 Å². The summed E-state index contributed by atoms with van der Waals surface area (Å²) in [6.07, 6.45) is -0.351. The molecule has 0 amide bonds. The Morgan fingerprint density at radius 2 is 1.67 bits per heavy atom. The Morgan fingerprint density at radius 1 is 0.944 bits per heavy atom. The number of ether oxygens (including phenoxy) is 1. The molecule has 0 fully saturated rings. The van der Waals surface area contributed by atoms with Crippen LogP contribution >= 0.6 is 11.6 Å². The van der Waals surface area contributed by atoms with E-state index in [9.17, 15) is 13.2 Å². The van der Waals surface area contributed by atoms with Crippen molar-refractivity contribution < 1.29 is 17.9 Å². The van der Waals surface area contributed by atoms with Crippen LogP contribution in [-0.2, 0) is 6.42 Å². The summed E-state index contributed by atoms with van der Waals surface area (Å²) in [7, 11) is 1.48. The molecule has 12 heteroatoms. The zero-order chi connectivity index (χ0) is 25.6. The van der Waals surface area contributed by atoms with E-state index in [0.717, 1.165) is 12.1 Å². The van der Waals surface area contributed by atoms with Crippen LogP contribution in [0.3, 0.4) is 0 Å². The van der Waals surface area contributed by atoms with Crippen molar-refractivity contribution in [2.45, 2.75) is 6.42 Å². The number of anilines is 2. The smallest absolute Gasteiger partial charge is 0.255 e. The maximum absolute atomic E-state index is 14.4. The summed E-state index contributed by atoms with van der Waals surface area (Å²) in [5, 5.41) is 5.28. The first kappa shape index (κ1) is 23.4. The highest BCUT2D eigenvalue weighted by molar-refractivity contribution is 6.31. The van der Waals surface area contributed by atoms with Gasteiger partial charge in [-0.2, -0.15) is 19.7 Å². The molecule has 36 heavy (non-hydrogen) atoms. The molecular formula is C24H17ClF3N7O. The third kappa shape index (κ3) is 4.03. The minimum Gasteiger partial charge on any atom is -0.481 e. The van der Waals surface area contributed by atoms with Gasteiger partial charge in [-0.1, -0.05) is 17.7 Å². The quantitative estimate of drug-likeness (QED) is 0.328. The van der Waals surface area contributed by atoms with Crippen molar-refractivity contribution in [2.75, 3.05) is 18.6 Å². The fraction of sp³-hybridized carbons (Fsp3) is 0.0833. The number of halogens is 4. The molecule has 5 rings (SSSR count). The fourth-order valence-electron chi connectivity index (χ4n) is 3.84. The normalized spacial score (nSPS) is 11.2. The molecule has 0 unspecified atom stereocenters. The summed E-state index contributed by atoms with van der Waals surface area (Å²) in [6, 6.07) is 11.5. The van der Waals surface area contributed by atoms with Crippen LogP contribution in [-0.4, -0.2) is 31.8 Å². The summed E-state index contributed by atoms with van der Waals surface area (Å²) < 4.78 is 49.0. The van der Waals surface area contributed by atoms with Crippen molar-refractivity contribution in [3.63, 3.8) is 0 Å². The molecule has 3 heterocycles. The van der Waals surface area contributed by atoms with E-state index in [-0.39, 0.29) is 29.7 Å². The molecule has 0 saturated heterocycles. The van der Waals surface area contributed by atoms with Crippen LogP contribution in [0.15, 0.2) is 48.5 Å². The standard InChI is InChI=1S/C24H17ClF3N7O/c1-36-19-4-2-3-16(31-19)20-22(29)32-24(33-23(20)30)35-18-8-5-11(25)9-13(18)17(34-35)10-12-14(26)6-7-15(27)21(12)28/h2-9H,10H2,1H3,(H4,29,30,32,33). The molecule has 4 N–H and O–H groups in total. The minimum atomic E-state index is -1.29. The van der Waals surface area contributed by atoms with Gasteiger partial charge < -0.3 is 16.2 Å². The third-order valence-electron chi connectivity index (χ3n) is 5.53. The van der Waals surface area contributed by atoms with Gasteiger partial charge in [-0.15, -0.1) is 0 Å². The number of hydrogen-bond donors (Lipinski definition) is 2. The van der Waals surface area contributed by atoms with Crippen molar-refractivity contribution in [1.82, 2.24) is 24.7 Å². The predicted molar refractivity (Wildman–Crippen MR) is 129 cm³/mol. The van der Waals surface area contributed by atoms with E-state index in [1.54, 1.807) is 36.4 Å². The largest absolute Gasteiger partial charge is 0.481 e. The second-order valence-corrected chi connectivity index (χ2v) is 8.19. The first-order valence-electron chi connectivity index (χ1n) is 10.5. The van der Waals surface area contributed by atoms with Gasteiger partial charge >= 0.3 is 0 Å².